The second-order valence-corrected chi connectivity index (χ2v) is 12.7. The minimum absolute atomic E-state index is 0.0817. The zero-order valence-electron chi connectivity index (χ0n) is 27.6. The first kappa shape index (κ1) is 31.9. The predicted molar refractivity (Wildman–Crippen MR) is 183 cm³/mol. The highest BCUT2D eigenvalue weighted by molar-refractivity contribution is 6.25. The Bertz CT molecular complexity index is 2050. The second kappa shape index (κ2) is 12.4. The summed E-state index contributed by atoms with van der Waals surface area (Å²) in [6, 6.07) is 17.5. The lowest BCUT2D eigenvalue weighted by atomic mass is 9.59. The van der Waals surface area contributed by atoms with E-state index in [-0.39, 0.29) is 42.0 Å². The number of anilines is 1. The maximum atomic E-state index is 14.3. The van der Waals surface area contributed by atoms with Crippen LogP contribution in [0.15, 0.2) is 95.1 Å². The van der Waals surface area contributed by atoms with Gasteiger partial charge in [0, 0.05) is 33.8 Å². The number of allylic oxidation sites excluding steroid dienone is 6. The van der Waals surface area contributed by atoms with Crippen molar-refractivity contribution in [2.24, 2.45) is 17.8 Å². The number of carbonyl (C=O) groups is 4. The van der Waals surface area contributed by atoms with E-state index in [9.17, 15) is 24.3 Å². The van der Waals surface area contributed by atoms with Crippen molar-refractivity contribution in [2.75, 3.05) is 26.2 Å². The maximum absolute atomic E-state index is 14.3. The minimum atomic E-state index is -0.808. The Kier molecular flexibility index (Phi) is 8.06. The number of fused-ring (bicyclic) bond motifs is 3. The van der Waals surface area contributed by atoms with E-state index in [0.29, 0.717) is 45.2 Å². The number of amides is 2. The van der Waals surface area contributed by atoms with E-state index < -0.39 is 23.7 Å². The standard InChI is InChI=1S/C40H35NO8/c1-21-18-31(43)29-20-28-26(35(36(29)38(21)44)37-30(42)6-5-7-33(37)49-4)15-16-27-34(28)40(46)41(39(27)45)24-12-9-22(10-13-24)8-11-23-19-25(47-2)14-17-32(23)48-3/h5-15,17-19,27-28,34-35,42H,16,20H2,1-4H3/t27-,28+,34-,35-/m0/s1. The Morgan fingerprint density at radius 2 is 1.59 bits per heavy atom. The van der Waals surface area contributed by atoms with Crippen LogP contribution >= 0.6 is 0 Å². The lowest BCUT2D eigenvalue weighted by Crippen LogP contribution is -2.40. The number of ketones is 2. The van der Waals surface area contributed by atoms with E-state index in [1.54, 1.807) is 45.4 Å². The summed E-state index contributed by atoms with van der Waals surface area (Å²) in [5.74, 6) is -2.25. The van der Waals surface area contributed by atoms with E-state index in [0.717, 1.165) is 16.7 Å². The molecule has 1 N–H and O–H groups in total. The van der Waals surface area contributed by atoms with Gasteiger partial charge in [0.2, 0.25) is 11.8 Å². The summed E-state index contributed by atoms with van der Waals surface area (Å²) >= 11 is 0. The third-order valence-corrected chi connectivity index (χ3v) is 10.2. The Hall–Kier alpha value is -5.70. The normalized spacial score (nSPS) is 23.2. The molecule has 0 bridgehead atoms. The van der Waals surface area contributed by atoms with Gasteiger partial charge in [0.1, 0.15) is 23.0 Å². The number of nitrogens with zero attached hydrogens (tertiary/aromatic N) is 1. The third kappa shape index (κ3) is 5.17. The first-order chi connectivity index (χ1) is 23.7. The van der Waals surface area contributed by atoms with Gasteiger partial charge >= 0.3 is 0 Å². The van der Waals surface area contributed by atoms with Crippen molar-refractivity contribution in [1.82, 2.24) is 0 Å². The van der Waals surface area contributed by atoms with Crippen molar-refractivity contribution in [1.29, 1.82) is 0 Å². The Balaban J connectivity index is 1.23. The number of carbonyl (C=O) groups excluding carboxylic acids is 4. The Labute approximate surface area is 283 Å². The molecule has 3 aromatic carbocycles. The topological polar surface area (TPSA) is 119 Å². The monoisotopic (exact) mass is 657 g/mol. The number of aromatic hydroxyl groups is 1. The average Bonchev–Trinajstić information content (AvgIpc) is 3.37. The molecule has 248 valence electrons. The highest BCUT2D eigenvalue weighted by atomic mass is 16.5. The molecule has 0 unspecified atom stereocenters. The van der Waals surface area contributed by atoms with Crippen LogP contribution in [0.1, 0.15) is 42.4 Å². The van der Waals surface area contributed by atoms with Crippen LogP contribution in [0.2, 0.25) is 0 Å². The predicted octanol–water partition coefficient (Wildman–Crippen LogP) is 6.22. The molecule has 1 aliphatic heterocycles. The van der Waals surface area contributed by atoms with Gasteiger partial charge in [-0.15, -0.1) is 0 Å². The van der Waals surface area contributed by atoms with Crippen LogP contribution in [0, 0.1) is 17.8 Å². The molecule has 1 fully saturated rings. The summed E-state index contributed by atoms with van der Waals surface area (Å²) in [6.45, 7) is 1.61. The van der Waals surface area contributed by atoms with Crippen molar-refractivity contribution < 1.29 is 38.5 Å². The maximum Gasteiger partial charge on any atom is 0.238 e. The van der Waals surface area contributed by atoms with E-state index in [2.05, 4.69) is 0 Å². The van der Waals surface area contributed by atoms with Crippen LogP contribution in [0.5, 0.6) is 23.0 Å². The smallest absolute Gasteiger partial charge is 0.238 e. The molecule has 0 spiro atoms. The van der Waals surface area contributed by atoms with Gasteiger partial charge in [0.05, 0.1) is 38.9 Å². The van der Waals surface area contributed by atoms with E-state index >= 15 is 0 Å². The first-order valence-electron chi connectivity index (χ1n) is 16.1. The zero-order valence-corrected chi connectivity index (χ0v) is 27.6. The minimum Gasteiger partial charge on any atom is -0.507 e. The molecular formula is C40H35NO8. The molecule has 0 aromatic heterocycles. The van der Waals surface area contributed by atoms with Crippen molar-refractivity contribution >= 4 is 41.2 Å². The number of methoxy groups -OCH3 is 3. The molecule has 0 saturated carbocycles. The lowest BCUT2D eigenvalue weighted by Gasteiger charge is -2.42. The van der Waals surface area contributed by atoms with Crippen LogP contribution in [-0.4, -0.2) is 49.8 Å². The van der Waals surface area contributed by atoms with Gasteiger partial charge in [0.15, 0.2) is 11.6 Å². The van der Waals surface area contributed by atoms with Crippen molar-refractivity contribution in [3.63, 3.8) is 0 Å². The number of imide groups is 1. The molecular weight excluding hydrogens is 622 g/mol. The SMILES string of the molecule is COc1ccc(OC)c(C=Cc2ccc(N3C(=O)[C@H]4[C@H](CC=C5[C@H](c6c(O)cccc6OC)C6=C(C[C@H]54)C(=O)C=C(C)C6=O)C3=O)cc2)c1. The molecule has 7 rings (SSSR count). The highest BCUT2D eigenvalue weighted by Crippen LogP contribution is 2.57. The summed E-state index contributed by atoms with van der Waals surface area (Å²) in [5, 5.41) is 11.1. The van der Waals surface area contributed by atoms with Crippen LogP contribution in [-0.2, 0) is 19.2 Å². The van der Waals surface area contributed by atoms with Crippen molar-refractivity contribution in [2.45, 2.75) is 25.7 Å². The number of ether oxygens (including phenoxy) is 3. The van der Waals surface area contributed by atoms with Crippen molar-refractivity contribution in [3.05, 3.63) is 112 Å². The summed E-state index contributed by atoms with van der Waals surface area (Å²) in [7, 11) is 4.68. The van der Waals surface area contributed by atoms with E-state index in [1.807, 2.05) is 48.6 Å². The molecule has 4 aliphatic rings. The molecule has 2 amide bonds. The number of hydrogen-bond acceptors (Lipinski definition) is 8. The van der Waals surface area contributed by atoms with Gasteiger partial charge in [-0.2, -0.15) is 0 Å². The van der Waals surface area contributed by atoms with Gasteiger partial charge in [-0.05, 0) is 79.8 Å². The van der Waals surface area contributed by atoms with Gasteiger partial charge in [-0.25, -0.2) is 0 Å². The molecule has 3 aliphatic carbocycles. The molecule has 9 nitrogen and oxygen atoms in total. The summed E-state index contributed by atoms with van der Waals surface area (Å²) in [6.07, 6.45) is 7.50. The van der Waals surface area contributed by atoms with Crippen molar-refractivity contribution in [3.8, 4) is 23.0 Å². The fraction of sp³-hybridized carbons (Fsp3) is 0.250. The molecule has 3 aromatic rings. The average molecular weight is 658 g/mol. The molecule has 1 saturated heterocycles. The molecule has 49 heavy (non-hydrogen) atoms. The van der Waals surface area contributed by atoms with Crippen LogP contribution in [0.25, 0.3) is 12.2 Å². The number of phenols is 1. The highest BCUT2D eigenvalue weighted by Gasteiger charge is 2.57. The largest absolute Gasteiger partial charge is 0.507 e. The van der Waals surface area contributed by atoms with Gasteiger partial charge in [-0.1, -0.05) is 42.0 Å². The van der Waals surface area contributed by atoms with Gasteiger partial charge in [-0.3, -0.25) is 24.1 Å². The quantitative estimate of drug-likeness (QED) is 0.138. The summed E-state index contributed by atoms with van der Waals surface area (Å²) in [5.41, 5.74) is 4.18. The van der Waals surface area contributed by atoms with Crippen LogP contribution in [0.4, 0.5) is 5.69 Å². The second-order valence-electron chi connectivity index (χ2n) is 12.7. The Morgan fingerprint density at radius 3 is 2.31 bits per heavy atom. The lowest BCUT2D eigenvalue weighted by molar-refractivity contribution is -0.123. The number of rotatable bonds is 7. The summed E-state index contributed by atoms with van der Waals surface area (Å²) in [4.78, 5) is 56.7. The van der Waals surface area contributed by atoms with Gasteiger partial charge in [0.25, 0.3) is 0 Å². The molecule has 4 atom stereocenters. The molecule has 1 heterocycles. The number of phenolic OH excluding ortho intramolecular Hbond substituents is 1. The van der Waals surface area contributed by atoms with Gasteiger partial charge < -0.3 is 19.3 Å². The first-order valence-corrected chi connectivity index (χ1v) is 16.1. The van der Waals surface area contributed by atoms with Crippen LogP contribution < -0.4 is 19.1 Å². The molecule has 9 heteroatoms. The Morgan fingerprint density at radius 1 is 0.837 bits per heavy atom. The fourth-order valence-corrected chi connectivity index (χ4v) is 7.84. The van der Waals surface area contributed by atoms with Crippen LogP contribution in [0.3, 0.4) is 0 Å². The number of hydrogen-bond donors (Lipinski definition) is 1. The third-order valence-electron chi connectivity index (χ3n) is 10.2. The van der Waals surface area contributed by atoms with E-state index in [4.69, 9.17) is 14.2 Å². The fourth-order valence-electron chi connectivity index (χ4n) is 7.84. The number of Topliss-reactive ketones (excluding diaryl/α,β-unsaturated/α-hetero) is 1. The molecule has 0 radical (unpaired) electrons. The van der Waals surface area contributed by atoms with E-state index in [1.165, 1.54) is 24.2 Å². The summed E-state index contributed by atoms with van der Waals surface area (Å²) < 4.78 is 16.4. The zero-order chi connectivity index (χ0) is 34.6. The number of benzene rings is 3.